The van der Waals surface area contributed by atoms with Crippen LogP contribution >= 0.6 is 0 Å². The molecule has 1 unspecified atom stereocenters. The molecule has 1 aliphatic carbocycles. The quantitative estimate of drug-likeness (QED) is 0.812. The van der Waals surface area contributed by atoms with Crippen LogP contribution < -0.4 is 16.0 Å². The molecule has 0 amide bonds. The standard InChI is InChI=1S/C15H25N5/c1-10-9-20(8-7-17-10)13-12-11(18-14(16)19-13)5-4-6-15(12,2)3/h10,17H,4-9H2,1-3H3,(H2,16,18,19). The van der Waals surface area contributed by atoms with Crippen LogP contribution in [0.4, 0.5) is 11.8 Å². The van der Waals surface area contributed by atoms with Gasteiger partial charge in [-0.3, -0.25) is 0 Å². The van der Waals surface area contributed by atoms with Gasteiger partial charge in [0.25, 0.3) is 0 Å². The highest BCUT2D eigenvalue weighted by Gasteiger charge is 2.34. The van der Waals surface area contributed by atoms with Crippen molar-refractivity contribution in [1.29, 1.82) is 0 Å². The van der Waals surface area contributed by atoms with Gasteiger partial charge >= 0.3 is 0 Å². The first-order valence-electron chi connectivity index (χ1n) is 7.62. The number of anilines is 2. The van der Waals surface area contributed by atoms with Gasteiger partial charge in [0, 0.05) is 31.2 Å². The maximum Gasteiger partial charge on any atom is 0.222 e. The highest BCUT2D eigenvalue weighted by molar-refractivity contribution is 5.56. The first-order chi connectivity index (χ1) is 9.47. The van der Waals surface area contributed by atoms with E-state index in [1.54, 1.807) is 0 Å². The fourth-order valence-corrected chi connectivity index (χ4v) is 3.56. The van der Waals surface area contributed by atoms with E-state index in [4.69, 9.17) is 5.73 Å². The molecule has 1 aromatic rings. The molecule has 1 saturated heterocycles. The summed E-state index contributed by atoms with van der Waals surface area (Å²) < 4.78 is 0. The number of nitrogens with zero attached hydrogens (tertiary/aromatic N) is 3. The second kappa shape index (κ2) is 4.88. The number of fused-ring (bicyclic) bond motifs is 1. The maximum absolute atomic E-state index is 5.95. The predicted molar refractivity (Wildman–Crippen MR) is 82.1 cm³/mol. The molecule has 0 bridgehead atoms. The van der Waals surface area contributed by atoms with Gasteiger partial charge in [0.2, 0.25) is 5.95 Å². The molecular formula is C15H25N5. The Hall–Kier alpha value is -1.36. The molecule has 0 spiro atoms. The van der Waals surface area contributed by atoms with Crippen molar-refractivity contribution in [3.8, 4) is 0 Å². The smallest absolute Gasteiger partial charge is 0.222 e. The summed E-state index contributed by atoms with van der Waals surface area (Å²) in [6.07, 6.45) is 3.41. The van der Waals surface area contributed by atoms with E-state index in [9.17, 15) is 0 Å². The van der Waals surface area contributed by atoms with Gasteiger partial charge in [-0.2, -0.15) is 4.98 Å². The molecule has 5 nitrogen and oxygen atoms in total. The lowest BCUT2D eigenvalue weighted by Crippen LogP contribution is -2.50. The summed E-state index contributed by atoms with van der Waals surface area (Å²) in [7, 11) is 0. The summed E-state index contributed by atoms with van der Waals surface area (Å²) in [5.74, 6) is 1.49. The number of nitrogens with two attached hydrogens (primary N) is 1. The maximum atomic E-state index is 5.95. The summed E-state index contributed by atoms with van der Waals surface area (Å²) in [6, 6.07) is 0.488. The number of hydrogen-bond acceptors (Lipinski definition) is 5. The molecule has 0 radical (unpaired) electrons. The zero-order chi connectivity index (χ0) is 14.3. The lowest BCUT2D eigenvalue weighted by molar-refractivity contribution is 0.418. The first-order valence-corrected chi connectivity index (χ1v) is 7.62. The van der Waals surface area contributed by atoms with Crippen LogP contribution in [0.1, 0.15) is 44.9 Å². The van der Waals surface area contributed by atoms with Crippen LogP contribution in [-0.4, -0.2) is 35.6 Å². The Kier molecular flexibility index (Phi) is 3.32. The van der Waals surface area contributed by atoms with E-state index in [1.165, 1.54) is 18.4 Å². The Morgan fingerprint density at radius 2 is 2.15 bits per heavy atom. The predicted octanol–water partition coefficient (Wildman–Crippen LogP) is 1.47. The minimum Gasteiger partial charge on any atom is -0.368 e. The molecule has 0 aromatic carbocycles. The van der Waals surface area contributed by atoms with Gasteiger partial charge in [0.15, 0.2) is 0 Å². The normalized spacial score (nSPS) is 25.4. The van der Waals surface area contributed by atoms with Gasteiger partial charge in [-0.1, -0.05) is 13.8 Å². The number of nitrogen functional groups attached to an aromatic ring is 1. The average molecular weight is 275 g/mol. The fourth-order valence-electron chi connectivity index (χ4n) is 3.56. The Morgan fingerprint density at radius 1 is 1.35 bits per heavy atom. The summed E-state index contributed by atoms with van der Waals surface area (Å²) >= 11 is 0. The van der Waals surface area contributed by atoms with Crippen LogP contribution in [0.5, 0.6) is 0 Å². The van der Waals surface area contributed by atoms with E-state index in [1.807, 2.05) is 0 Å². The molecule has 0 saturated carbocycles. The number of rotatable bonds is 1. The number of piperazine rings is 1. The lowest BCUT2D eigenvalue weighted by Gasteiger charge is -2.39. The van der Waals surface area contributed by atoms with Crippen molar-refractivity contribution in [2.75, 3.05) is 30.3 Å². The minimum atomic E-state index is 0.144. The van der Waals surface area contributed by atoms with E-state index < -0.39 is 0 Å². The van der Waals surface area contributed by atoms with E-state index in [-0.39, 0.29) is 5.41 Å². The first kappa shape index (κ1) is 13.6. The third-order valence-electron chi connectivity index (χ3n) is 4.54. The number of aryl methyl sites for hydroxylation is 1. The summed E-state index contributed by atoms with van der Waals surface area (Å²) in [5, 5.41) is 3.48. The van der Waals surface area contributed by atoms with Crippen molar-refractivity contribution < 1.29 is 0 Å². The molecule has 110 valence electrons. The Morgan fingerprint density at radius 3 is 2.90 bits per heavy atom. The average Bonchev–Trinajstić information content (AvgIpc) is 2.37. The van der Waals surface area contributed by atoms with Crippen LogP contribution in [0.25, 0.3) is 0 Å². The van der Waals surface area contributed by atoms with Gasteiger partial charge < -0.3 is 16.0 Å². The topological polar surface area (TPSA) is 67.1 Å². The SMILES string of the molecule is CC1CN(c2nc(N)nc3c2C(C)(C)CCC3)CCN1. The van der Waals surface area contributed by atoms with E-state index >= 15 is 0 Å². The molecule has 1 fully saturated rings. The van der Waals surface area contributed by atoms with Crippen molar-refractivity contribution in [2.24, 2.45) is 0 Å². The molecule has 20 heavy (non-hydrogen) atoms. The van der Waals surface area contributed by atoms with Gasteiger partial charge in [-0.25, -0.2) is 4.98 Å². The van der Waals surface area contributed by atoms with Crippen molar-refractivity contribution >= 4 is 11.8 Å². The third-order valence-corrected chi connectivity index (χ3v) is 4.54. The van der Waals surface area contributed by atoms with Crippen molar-refractivity contribution in [2.45, 2.75) is 51.5 Å². The zero-order valence-electron chi connectivity index (χ0n) is 12.7. The molecule has 1 aliphatic heterocycles. The lowest BCUT2D eigenvalue weighted by atomic mass is 9.74. The summed E-state index contributed by atoms with van der Waals surface area (Å²) in [6.45, 7) is 9.80. The summed E-state index contributed by atoms with van der Waals surface area (Å²) in [5.41, 5.74) is 8.58. The molecule has 3 rings (SSSR count). The van der Waals surface area contributed by atoms with Crippen LogP contribution in [0.2, 0.25) is 0 Å². The minimum absolute atomic E-state index is 0.144. The molecule has 2 heterocycles. The van der Waals surface area contributed by atoms with Gasteiger partial charge in [0.1, 0.15) is 5.82 Å². The number of hydrogen-bond donors (Lipinski definition) is 2. The molecule has 3 N–H and O–H groups in total. The fraction of sp³-hybridized carbons (Fsp3) is 0.733. The Bertz CT molecular complexity index is 511. The van der Waals surface area contributed by atoms with Crippen molar-refractivity contribution in [1.82, 2.24) is 15.3 Å². The highest BCUT2D eigenvalue weighted by atomic mass is 15.3. The van der Waals surface area contributed by atoms with Crippen molar-refractivity contribution in [3.63, 3.8) is 0 Å². The Labute approximate surface area is 121 Å². The van der Waals surface area contributed by atoms with Crippen molar-refractivity contribution in [3.05, 3.63) is 11.3 Å². The molecule has 1 atom stereocenters. The van der Waals surface area contributed by atoms with E-state index in [0.717, 1.165) is 37.6 Å². The molecule has 1 aromatic heterocycles. The second-order valence-corrected chi connectivity index (χ2v) is 6.77. The van der Waals surface area contributed by atoms with Crippen LogP contribution in [0.15, 0.2) is 0 Å². The van der Waals surface area contributed by atoms with Crippen LogP contribution in [0, 0.1) is 0 Å². The number of nitrogens with one attached hydrogen (secondary N) is 1. The highest BCUT2D eigenvalue weighted by Crippen LogP contribution is 2.41. The van der Waals surface area contributed by atoms with Gasteiger partial charge in [0.05, 0.1) is 5.69 Å². The largest absolute Gasteiger partial charge is 0.368 e. The van der Waals surface area contributed by atoms with Gasteiger partial charge in [-0.15, -0.1) is 0 Å². The van der Waals surface area contributed by atoms with E-state index in [2.05, 4.69) is 41.0 Å². The third kappa shape index (κ3) is 2.35. The molecule has 5 heteroatoms. The zero-order valence-corrected chi connectivity index (χ0v) is 12.7. The van der Waals surface area contributed by atoms with Crippen LogP contribution in [-0.2, 0) is 11.8 Å². The van der Waals surface area contributed by atoms with Gasteiger partial charge in [-0.05, 0) is 31.6 Å². The number of aromatic nitrogens is 2. The Balaban J connectivity index is 2.08. The van der Waals surface area contributed by atoms with E-state index in [0.29, 0.717) is 12.0 Å². The van der Waals surface area contributed by atoms with Crippen LogP contribution in [0.3, 0.4) is 0 Å². The second-order valence-electron chi connectivity index (χ2n) is 6.77. The summed E-state index contributed by atoms with van der Waals surface area (Å²) in [4.78, 5) is 11.5. The molecular weight excluding hydrogens is 250 g/mol. The monoisotopic (exact) mass is 275 g/mol. The molecule has 2 aliphatic rings.